The minimum atomic E-state index is -0.274. The molecular weight excluding hydrogens is 404 g/mol. The minimum Gasteiger partial charge on any atom is -0.664 e. The number of nitrogens with zero attached hydrogens (tertiary/aromatic N) is 1. The van der Waals surface area contributed by atoms with Crippen LogP contribution in [-0.4, -0.2) is 31.9 Å². The van der Waals surface area contributed by atoms with Crippen LogP contribution >= 0.6 is 0 Å². The number of nitrogens with one attached hydrogen (secondary N) is 1. The smallest absolute Gasteiger partial charge is 0.664 e. The van der Waals surface area contributed by atoms with Crippen molar-refractivity contribution in [2.45, 2.75) is 44.8 Å². The molecule has 1 fully saturated rings. The fraction of sp³-hybridized carbons (Fsp3) is 0.833. The average molecular weight is 426 g/mol. The first-order valence-corrected chi connectivity index (χ1v) is 6.31. The van der Waals surface area contributed by atoms with Crippen molar-refractivity contribution in [3.05, 3.63) is 12.2 Å². The second-order valence-electron chi connectivity index (χ2n) is 4.07. The summed E-state index contributed by atoms with van der Waals surface area (Å²) < 4.78 is 5.32. The summed E-state index contributed by atoms with van der Waals surface area (Å²) in [6.45, 7) is 5.89. The number of ether oxygens (including phenoxy) is 1. The van der Waals surface area contributed by atoms with Crippen molar-refractivity contribution in [3.8, 4) is 0 Å². The normalized spacial score (nSPS) is 19.1. The summed E-state index contributed by atoms with van der Waals surface area (Å²) in [5.41, 5.74) is 2.43. The third kappa shape index (κ3) is 9.03. The van der Waals surface area contributed by atoms with Crippen molar-refractivity contribution in [1.29, 1.82) is 0 Å². The van der Waals surface area contributed by atoms with E-state index in [1.807, 2.05) is 0 Å². The second-order valence-corrected chi connectivity index (χ2v) is 4.07. The fourth-order valence-electron chi connectivity index (χ4n) is 1.56. The van der Waals surface area contributed by atoms with Gasteiger partial charge in [0.25, 0.3) is 0 Å². The van der Waals surface area contributed by atoms with E-state index in [-0.39, 0.29) is 33.3 Å². The zero-order valence-electron chi connectivity index (χ0n) is 10.7. The van der Waals surface area contributed by atoms with E-state index in [2.05, 4.69) is 17.7 Å². The van der Waals surface area contributed by atoms with E-state index in [9.17, 15) is 4.79 Å². The maximum absolute atomic E-state index is 11.4. The molecule has 1 amide bonds. The van der Waals surface area contributed by atoms with Crippen molar-refractivity contribution in [3.63, 3.8) is 0 Å². The molecule has 18 heavy (non-hydrogen) atoms. The van der Waals surface area contributed by atoms with Gasteiger partial charge in [0.2, 0.25) is 5.91 Å². The SMILES string of the molecule is [CH2-]CC[N-]CCCC(=O)NOC1CCCCO1.[W+2]. The zero-order valence-corrected chi connectivity index (χ0v) is 13.7. The van der Waals surface area contributed by atoms with Gasteiger partial charge in [-0.1, -0.05) is 6.42 Å². The quantitative estimate of drug-likeness (QED) is 0.367. The van der Waals surface area contributed by atoms with Crippen LogP contribution in [0.1, 0.15) is 38.5 Å². The number of amides is 1. The molecule has 104 valence electrons. The molecule has 1 rings (SSSR count). The molecule has 0 aromatic rings. The molecule has 0 aliphatic carbocycles. The number of carbonyl (C=O) groups excluding carboxylic acids is 1. The van der Waals surface area contributed by atoms with Gasteiger partial charge in [-0.25, -0.2) is 16.7 Å². The maximum atomic E-state index is 11.4. The van der Waals surface area contributed by atoms with Gasteiger partial charge in [-0.2, -0.15) is 6.54 Å². The van der Waals surface area contributed by atoms with Gasteiger partial charge in [-0.15, -0.1) is 6.54 Å². The molecular formula is C12H22N2O3W. The predicted molar refractivity (Wildman–Crippen MR) is 65.1 cm³/mol. The second kappa shape index (κ2) is 12.1. The molecule has 5 nitrogen and oxygen atoms in total. The van der Waals surface area contributed by atoms with Crippen molar-refractivity contribution in [1.82, 2.24) is 5.48 Å². The number of hydrogen-bond donors (Lipinski definition) is 1. The van der Waals surface area contributed by atoms with Crippen LogP contribution in [0.5, 0.6) is 0 Å². The van der Waals surface area contributed by atoms with Gasteiger partial charge >= 0.3 is 21.1 Å². The molecule has 0 radical (unpaired) electrons. The molecule has 0 spiro atoms. The van der Waals surface area contributed by atoms with Crippen LogP contribution in [-0.2, 0) is 35.4 Å². The Hall–Kier alpha value is 0.0383. The van der Waals surface area contributed by atoms with Crippen LogP contribution in [0.25, 0.3) is 5.32 Å². The number of rotatable bonds is 8. The Bertz CT molecular complexity index is 211. The van der Waals surface area contributed by atoms with E-state index >= 15 is 0 Å². The van der Waals surface area contributed by atoms with Crippen LogP contribution in [0.4, 0.5) is 0 Å². The van der Waals surface area contributed by atoms with Crippen molar-refractivity contribution in [2.75, 3.05) is 19.7 Å². The van der Waals surface area contributed by atoms with Gasteiger partial charge < -0.3 is 17.0 Å². The van der Waals surface area contributed by atoms with Gasteiger partial charge in [0.15, 0.2) is 6.29 Å². The summed E-state index contributed by atoms with van der Waals surface area (Å²) in [5, 5.41) is 4.20. The van der Waals surface area contributed by atoms with Gasteiger partial charge in [-0.3, -0.25) is 4.79 Å². The summed E-state index contributed by atoms with van der Waals surface area (Å²) in [6.07, 6.45) is 4.73. The monoisotopic (exact) mass is 426 g/mol. The summed E-state index contributed by atoms with van der Waals surface area (Å²) in [5.74, 6) is -0.107. The Balaban J connectivity index is 0.00000289. The molecule has 0 bridgehead atoms. The van der Waals surface area contributed by atoms with Gasteiger partial charge in [-0.05, 0) is 12.8 Å². The predicted octanol–water partition coefficient (Wildman–Crippen LogP) is 1.94. The third-order valence-corrected chi connectivity index (χ3v) is 2.48. The first kappa shape index (κ1) is 18.0. The Labute approximate surface area is 124 Å². The fourth-order valence-corrected chi connectivity index (χ4v) is 1.56. The number of hydrogen-bond acceptors (Lipinski definition) is 3. The van der Waals surface area contributed by atoms with Gasteiger partial charge in [0.05, 0.1) is 0 Å². The Morgan fingerprint density at radius 1 is 1.44 bits per heavy atom. The van der Waals surface area contributed by atoms with E-state index in [0.717, 1.165) is 38.6 Å². The number of carbonyl (C=O) groups is 1. The number of hydroxylamine groups is 1. The Morgan fingerprint density at radius 2 is 2.28 bits per heavy atom. The van der Waals surface area contributed by atoms with E-state index in [4.69, 9.17) is 9.57 Å². The first-order valence-electron chi connectivity index (χ1n) is 6.31. The molecule has 1 aliphatic rings. The largest absolute Gasteiger partial charge is 2.00 e. The Kier molecular flexibility index (Phi) is 12.1. The topological polar surface area (TPSA) is 61.7 Å². The average Bonchev–Trinajstić information content (AvgIpc) is 2.37. The van der Waals surface area contributed by atoms with Crippen molar-refractivity contribution in [2.24, 2.45) is 0 Å². The van der Waals surface area contributed by atoms with E-state index < -0.39 is 0 Å². The molecule has 6 heteroatoms. The van der Waals surface area contributed by atoms with Crippen LogP contribution in [0.3, 0.4) is 0 Å². The third-order valence-electron chi connectivity index (χ3n) is 2.48. The maximum Gasteiger partial charge on any atom is 2.00 e. The van der Waals surface area contributed by atoms with Gasteiger partial charge in [0, 0.05) is 19.4 Å². The molecule has 0 aromatic carbocycles. The molecule has 1 atom stereocenters. The van der Waals surface area contributed by atoms with Gasteiger partial charge in [0.1, 0.15) is 0 Å². The molecule has 1 saturated heterocycles. The molecule has 1 unspecified atom stereocenters. The van der Waals surface area contributed by atoms with Crippen molar-refractivity contribution < 1.29 is 35.4 Å². The van der Waals surface area contributed by atoms with Crippen LogP contribution < -0.4 is 5.48 Å². The molecule has 0 aromatic heterocycles. The molecule has 0 saturated carbocycles. The van der Waals surface area contributed by atoms with E-state index in [1.54, 1.807) is 0 Å². The van der Waals surface area contributed by atoms with Crippen LogP contribution in [0.2, 0.25) is 0 Å². The van der Waals surface area contributed by atoms with E-state index in [0.29, 0.717) is 19.6 Å². The zero-order chi connectivity index (χ0) is 12.3. The van der Waals surface area contributed by atoms with Crippen molar-refractivity contribution >= 4 is 5.91 Å². The van der Waals surface area contributed by atoms with Crippen LogP contribution in [0.15, 0.2) is 0 Å². The summed E-state index contributed by atoms with van der Waals surface area (Å²) in [6, 6.07) is 0. The summed E-state index contributed by atoms with van der Waals surface area (Å²) in [4.78, 5) is 16.5. The Morgan fingerprint density at radius 3 is 2.94 bits per heavy atom. The van der Waals surface area contributed by atoms with Crippen LogP contribution in [0, 0.1) is 6.92 Å². The molecule has 1 heterocycles. The molecule has 1 aliphatic heterocycles. The summed E-state index contributed by atoms with van der Waals surface area (Å²) >= 11 is 0. The summed E-state index contributed by atoms with van der Waals surface area (Å²) in [7, 11) is 0. The minimum absolute atomic E-state index is 0. The standard InChI is InChI=1S/C12H22N2O3.W/c1-2-8-13-9-5-6-11(15)14-17-12-7-3-4-10-16-12;/h12H,1-10H2,(H,14,15);/q-2;+2. The first-order chi connectivity index (χ1) is 8.33. The molecule has 1 N–H and O–H groups in total. The van der Waals surface area contributed by atoms with E-state index in [1.165, 1.54) is 0 Å².